The molecule has 14 heteroatoms. The minimum atomic E-state index is -0.778. The number of carbonyl (C=O) groups excluding carboxylic acids is 2. The fourth-order valence-electron chi connectivity index (χ4n) is 4.07. The van der Waals surface area contributed by atoms with E-state index in [1.165, 1.54) is 0 Å². The van der Waals surface area contributed by atoms with Crippen molar-refractivity contribution in [3.05, 3.63) is 72.8 Å². The summed E-state index contributed by atoms with van der Waals surface area (Å²) in [5.41, 5.74) is 2.62. The second-order valence-electron chi connectivity index (χ2n) is 10.8. The summed E-state index contributed by atoms with van der Waals surface area (Å²) in [7, 11) is 0. The molecular formula is C34H42O8S6. The zero-order chi connectivity index (χ0) is 34.3. The molecule has 3 atom stereocenters. The Morgan fingerprint density at radius 3 is 1.77 bits per heavy atom. The first kappa shape index (κ1) is 39.3. The molecule has 8 nitrogen and oxygen atoms in total. The molecule has 0 aromatic heterocycles. The van der Waals surface area contributed by atoms with Crippen LogP contribution in [-0.4, -0.2) is 86.4 Å². The molecule has 0 saturated carbocycles. The van der Waals surface area contributed by atoms with E-state index in [1.54, 1.807) is 20.8 Å². The standard InChI is InChI=1S/C34H42O8S6/c1-22(2)32(35)40-24(5)34(39-17-31-47-20-44-21-48-31)42-28-12-8-26(9-13-28)25-6-10-27(11-7-25)38-15-29(41-33(36)23(3)4)14-37-16-30-45-18-43-19-46-30/h6-13,24,29-31,34H,1,3,14-21H2,2,4-5H3. The Labute approximate surface area is 309 Å². The van der Waals surface area contributed by atoms with Crippen molar-refractivity contribution in [3.63, 3.8) is 0 Å². The van der Waals surface area contributed by atoms with Crippen LogP contribution < -0.4 is 9.47 Å². The summed E-state index contributed by atoms with van der Waals surface area (Å²) in [5.74, 6) is 0.300. The van der Waals surface area contributed by atoms with Crippen LogP contribution in [0.25, 0.3) is 11.1 Å². The number of rotatable bonds is 18. The van der Waals surface area contributed by atoms with Gasteiger partial charge in [0, 0.05) is 31.5 Å². The van der Waals surface area contributed by atoms with Gasteiger partial charge in [0.05, 0.1) is 29.0 Å². The highest BCUT2D eigenvalue weighted by Crippen LogP contribution is 2.37. The van der Waals surface area contributed by atoms with E-state index in [4.69, 9.17) is 28.4 Å². The fourth-order valence-corrected chi connectivity index (χ4v) is 13.3. The topological polar surface area (TPSA) is 89.5 Å². The Kier molecular flexibility index (Phi) is 17.2. The molecule has 0 spiro atoms. The Morgan fingerprint density at radius 1 is 0.729 bits per heavy atom. The zero-order valence-corrected chi connectivity index (χ0v) is 32.2. The highest BCUT2D eigenvalue weighted by Gasteiger charge is 2.27. The van der Waals surface area contributed by atoms with Gasteiger partial charge in [-0.15, -0.1) is 70.6 Å². The summed E-state index contributed by atoms with van der Waals surface area (Å²) in [6.45, 7) is 13.8. The summed E-state index contributed by atoms with van der Waals surface area (Å²) >= 11 is 11.2. The van der Waals surface area contributed by atoms with Crippen LogP contribution in [-0.2, 0) is 28.5 Å². The van der Waals surface area contributed by atoms with E-state index in [0.29, 0.717) is 45.0 Å². The maximum atomic E-state index is 12.2. The van der Waals surface area contributed by atoms with Gasteiger partial charge in [-0.25, -0.2) is 9.59 Å². The number of hydrogen-bond acceptors (Lipinski definition) is 14. The molecule has 48 heavy (non-hydrogen) atoms. The van der Waals surface area contributed by atoms with Crippen LogP contribution in [0.3, 0.4) is 0 Å². The van der Waals surface area contributed by atoms with Crippen molar-refractivity contribution in [2.45, 2.75) is 48.4 Å². The third kappa shape index (κ3) is 13.7. The molecule has 2 aromatic carbocycles. The molecule has 0 amide bonds. The third-order valence-corrected chi connectivity index (χ3v) is 15.2. The maximum absolute atomic E-state index is 12.2. The molecule has 0 bridgehead atoms. The lowest BCUT2D eigenvalue weighted by atomic mass is 10.1. The number of carbonyl (C=O) groups is 2. The van der Waals surface area contributed by atoms with E-state index in [1.807, 2.05) is 119 Å². The average molecular weight is 771 g/mol. The van der Waals surface area contributed by atoms with Crippen molar-refractivity contribution >= 4 is 82.5 Å². The van der Waals surface area contributed by atoms with Crippen molar-refractivity contribution in [1.29, 1.82) is 0 Å². The van der Waals surface area contributed by atoms with Crippen LogP contribution in [0.1, 0.15) is 20.8 Å². The minimum Gasteiger partial charge on any atom is -0.490 e. The number of ether oxygens (including phenoxy) is 6. The fraction of sp³-hybridized carbons (Fsp3) is 0.471. The second-order valence-corrected chi connectivity index (χ2v) is 19.6. The SMILES string of the molecule is C=C(C)C(=O)OC(COCC1SCSCS1)COc1ccc(-c2ccc(OC(OCC3SCSCS3)C(C)OC(=O)C(=C)C)cc2)cc1. The van der Waals surface area contributed by atoms with Crippen molar-refractivity contribution in [3.8, 4) is 22.6 Å². The first-order valence-corrected chi connectivity index (χ1v) is 21.7. The highest BCUT2D eigenvalue weighted by atomic mass is 32.3. The van der Waals surface area contributed by atoms with Gasteiger partial charge in [-0.3, -0.25) is 0 Å². The van der Waals surface area contributed by atoms with Crippen LogP contribution in [0.5, 0.6) is 11.5 Å². The van der Waals surface area contributed by atoms with Crippen LogP contribution in [0.15, 0.2) is 72.8 Å². The number of benzene rings is 2. The van der Waals surface area contributed by atoms with Gasteiger partial charge in [0.2, 0.25) is 6.29 Å². The predicted molar refractivity (Wildman–Crippen MR) is 206 cm³/mol. The monoisotopic (exact) mass is 770 g/mol. The molecule has 2 aliphatic rings. The first-order valence-electron chi connectivity index (χ1n) is 15.2. The van der Waals surface area contributed by atoms with E-state index >= 15 is 0 Å². The molecule has 2 saturated heterocycles. The molecule has 4 rings (SSSR count). The lowest BCUT2D eigenvalue weighted by molar-refractivity contribution is -0.174. The first-order chi connectivity index (χ1) is 23.2. The Morgan fingerprint density at radius 2 is 1.23 bits per heavy atom. The van der Waals surface area contributed by atoms with Gasteiger partial charge in [-0.05, 0) is 56.2 Å². The molecule has 2 aromatic rings. The van der Waals surface area contributed by atoms with Gasteiger partial charge in [0.25, 0.3) is 0 Å². The van der Waals surface area contributed by atoms with Crippen molar-refractivity contribution in [2.24, 2.45) is 0 Å². The van der Waals surface area contributed by atoms with Gasteiger partial charge in [0.1, 0.15) is 18.1 Å². The average Bonchev–Trinajstić information content (AvgIpc) is 3.10. The smallest absolute Gasteiger partial charge is 0.333 e. The van der Waals surface area contributed by atoms with Gasteiger partial charge < -0.3 is 28.4 Å². The lowest BCUT2D eigenvalue weighted by Crippen LogP contribution is -2.37. The summed E-state index contributed by atoms with van der Waals surface area (Å²) < 4.78 is 36.0. The third-order valence-electron chi connectivity index (χ3n) is 6.68. The summed E-state index contributed by atoms with van der Waals surface area (Å²) in [6, 6.07) is 15.4. The summed E-state index contributed by atoms with van der Waals surface area (Å²) in [5, 5.41) is 4.18. The Hall–Kier alpha value is -1.52. The van der Waals surface area contributed by atoms with Crippen molar-refractivity contribution < 1.29 is 38.0 Å². The molecule has 262 valence electrons. The van der Waals surface area contributed by atoms with Gasteiger partial charge in [-0.1, -0.05) is 37.4 Å². The predicted octanol–water partition coefficient (Wildman–Crippen LogP) is 8.37. The largest absolute Gasteiger partial charge is 0.490 e. The number of hydrogen-bond donors (Lipinski definition) is 0. The van der Waals surface area contributed by atoms with Crippen LogP contribution in [0, 0.1) is 0 Å². The van der Waals surface area contributed by atoms with Crippen molar-refractivity contribution in [1.82, 2.24) is 0 Å². The van der Waals surface area contributed by atoms with Gasteiger partial charge >= 0.3 is 11.9 Å². The molecule has 3 unspecified atom stereocenters. The van der Waals surface area contributed by atoms with E-state index in [0.717, 1.165) is 31.5 Å². The van der Waals surface area contributed by atoms with E-state index in [2.05, 4.69) is 13.2 Å². The summed E-state index contributed by atoms with van der Waals surface area (Å²) in [6.07, 6.45) is -1.98. The number of thioether (sulfide) groups is 6. The molecule has 0 aliphatic carbocycles. The maximum Gasteiger partial charge on any atom is 0.333 e. The lowest BCUT2D eigenvalue weighted by Gasteiger charge is -2.28. The van der Waals surface area contributed by atoms with Crippen LogP contribution >= 0.6 is 70.6 Å². The molecular weight excluding hydrogens is 729 g/mol. The molecule has 0 N–H and O–H groups in total. The number of esters is 2. The van der Waals surface area contributed by atoms with Crippen LogP contribution in [0.4, 0.5) is 0 Å². The summed E-state index contributed by atoms with van der Waals surface area (Å²) in [4.78, 5) is 24.4. The molecule has 0 radical (unpaired) electrons. The normalized spacial score (nSPS) is 17.5. The van der Waals surface area contributed by atoms with Crippen LogP contribution in [0.2, 0.25) is 0 Å². The molecule has 2 heterocycles. The highest BCUT2D eigenvalue weighted by molar-refractivity contribution is 8.33. The van der Waals surface area contributed by atoms with Gasteiger partial charge in [0.15, 0.2) is 12.2 Å². The van der Waals surface area contributed by atoms with Crippen molar-refractivity contribution in [2.75, 3.05) is 46.8 Å². The molecule has 2 fully saturated rings. The van der Waals surface area contributed by atoms with Gasteiger partial charge in [-0.2, -0.15) is 0 Å². The van der Waals surface area contributed by atoms with E-state index < -0.39 is 30.4 Å². The Bertz CT molecular complexity index is 1330. The Balaban J connectivity index is 1.32. The zero-order valence-electron chi connectivity index (χ0n) is 27.3. The van der Waals surface area contributed by atoms with E-state index in [-0.39, 0.29) is 13.2 Å². The van der Waals surface area contributed by atoms with E-state index in [9.17, 15) is 9.59 Å². The second kappa shape index (κ2) is 21.0. The quantitative estimate of drug-likeness (QED) is 0.0826. The minimum absolute atomic E-state index is 0.158. The molecule has 2 aliphatic heterocycles.